The van der Waals surface area contributed by atoms with Gasteiger partial charge in [0.1, 0.15) is 6.54 Å². The quantitative estimate of drug-likeness (QED) is 0.380. The number of aliphatic hydroxyl groups excluding tert-OH is 1. The van der Waals surface area contributed by atoms with Gasteiger partial charge in [-0.1, -0.05) is 19.7 Å². The van der Waals surface area contributed by atoms with Crippen LogP contribution in [0.5, 0.6) is 0 Å². The molecule has 0 aromatic rings. The van der Waals surface area contributed by atoms with Gasteiger partial charge in [-0.25, -0.2) is 0 Å². The van der Waals surface area contributed by atoms with Gasteiger partial charge in [0.2, 0.25) is 0 Å². The van der Waals surface area contributed by atoms with Gasteiger partial charge in [-0.3, -0.25) is 0 Å². The Morgan fingerprint density at radius 3 is 1.53 bits per heavy atom. The summed E-state index contributed by atoms with van der Waals surface area (Å²) in [7, 11) is 0. The van der Waals surface area contributed by atoms with Crippen molar-refractivity contribution in [3.05, 3.63) is 50.3 Å². The Kier molecular flexibility index (Phi) is 9.94. The summed E-state index contributed by atoms with van der Waals surface area (Å²) in [5.41, 5.74) is 0. The summed E-state index contributed by atoms with van der Waals surface area (Å²) in [6.45, 7) is 14.6. The Morgan fingerprint density at radius 1 is 0.867 bits per heavy atom. The lowest BCUT2D eigenvalue weighted by molar-refractivity contribution is -0.906. The van der Waals surface area contributed by atoms with Gasteiger partial charge in [-0.2, -0.15) is 0 Å². The Balaban J connectivity index is 0. The molecule has 0 saturated heterocycles. The van der Waals surface area contributed by atoms with E-state index in [-0.39, 0.29) is 5.48 Å². The maximum absolute atomic E-state index is 8.67. The number of hydrogen-bond donors (Lipinski definition) is 1. The molecule has 0 heterocycles. The van der Waals surface area contributed by atoms with Gasteiger partial charge < -0.3 is 15.1 Å². The van der Waals surface area contributed by atoms with Crippen molar-refractivity contribution >= 4 is 0 Å². The van der Waals surface area contributed by atoms with Crippen LogP contribution in [0.1, 0.15) is 0 Å². The molecule has 0 aliphatic heterocycles. The SMILES string of the molecule is C=CC[N+](CC=C)(CC=C)CC=CO.[OH-]. The summed E-state index contributed by atoms with van der Waals surface area (Å²) in [6.07, 6.45) is 8.49. The Labute approximate surface area is 92.2 Å². The van der Waals surface area contributed by atoms with E-state index in [1.807, 2.05) is 18.2 Å². The molecule has 0 saturated carbocycles. The van der Waals surface area contributed by atoms with Gasteiger partial charge in [0.25, 0.3) is 0 Å². The molecule has 3 nitrogen and oxygen atoms in total. The molecule has 2 N–H and O–H groups in total. The molecule has 0 atom stereocenters. The molecule has 15 heavy (non-hydrogen) atoms. The van der Waals surface area contributed by atoms with Gasteiger partial charge in [0.05, 0.1) is 25.9 Å². The van der Waals surface area contributed by atoms with E-state index in [2.05, 4.69) is 19.7 Å². The first-order chi connectivity index (χ1) is 6.74. The largest absolute Gasteiger partial charge is 0.870 e. The number of quaternary nitrogens is 1. The van der Waals surface area contributed by atoms with Crippen LogP contribution in [0.25, 0.3) is 0 Å². The van der Waals surface area contributed by atoms with Crippen molar-refractivity contribution in [3.8, 4) is 0 Å². The first kappa shape index (κ1) is 16.1. The zero-order chi connectivity index (χ0) is 10.9. The molecule has 0 bridgehead atoms. The molecule has 0 aliphatic carbocycles. The summed E-state index contributed by atoms with van der Waals surface area (Å²) in [6, 6.07) is 0. The molecule has 3 heteroatoms. The fraction of sp³-hybridized carbons (Fsp3) is 0.333. The molecule has 0 aromatic heterocycles. The van der Waals surface area contributed by atoms with Gasteiger partial charge in [0, 0.05) is 6.08 Å². The van der Waals surface area contributed by atoms with E-state index in [0.29, 0.717) is 0 Å². The zero-order valence-electron chi connectivity index (χ0n) is 9.18. The number of rotatable bonds is 8. The van der Waals surface area contributed by atoms with E-state index in [1.165, 1.54) is 0 Å². The first-order valence-corrected chi connectivity index (χ1v) is 4.71. The highest BCUT2D eigenvalue weighted by Gasteiger charge is 2.20. The fourth-order valence-corrected chi connectivity index (χ4v) is 1.54. The first-order valence-electron chi connectivity index (χ1n) is 4.71. The van der Waals surface area contributed by atoms with E-state index in [0.717, 1.165) is 36.9 Å². The van der Waals surface area contributed by atoms with E-state index >= 15 is 0 Å². The van der Waals surface area contributed by atoms with Gasteiger partial charge in [-0.05, 0) is 18.2 Å². The molecule has 0 unspecified atom stereocenters. The Morgan fingerprint density at radius 2 is 1.27 bits per heavy atom. The van der Waals surface area contributed by atoms with Gasteiger partial charge >= 0.3 is 0 Å². The molecule has 0 fully saturated rings. The topological polar surface area (TPSA) is 50.2 Å². The highest BCUT2D eigenvalue weighted by Crippen LogP contribution is 2.08. The third-order valence-electron chi connectivity index (χ3n) is 2.15. The van der Waals surface area contributed by atoms with Crippen LogP contribution in [0.2, 0.25) is 0 Å². The molecular weight excluding hydrogens is 190 g/mol. The summed E-state index contributed by atoms with van der Waals surface area (Å²) < 4.78 is 0.785. The zero-order valence-corrected chi connectivity index (χ0v) is 9.18. The lowest BCUT2D eigenvalue weighted by Gasteiger charge is -2.34. The van der Waals surface area contributed by atoms with Crippen LogP contribution in [-0.4, -0.2) is 41.2 Å². The standard InChI is InChI=1S/C12H19NO.H2O/c1-4-8-13(9-5-2,10-6-3)11-7-12-14;/h4-7,12H,1-3,8-11H2;1H2. The summed E-state index contributed by atoms with van der Waals surface area (Å²) in [5.74, 6) is 0. The lowest BCUT2D eigenvalue weighted by Crippen LogP contribution is -2.48. The van der Waals surface area contributed by atoms with Crippen LogP contribution >= 0.6 is 0 Å². The maximum atomic E-state index is 8.67. The minimum absolute atomic E-state index is 0. The molecule has 0 aliphatic rings. The highest BCUT2D eigenvalue weighted by molar-refractivity contribution is 4.80. The van der Waals surface area contributed by atoms with Gasteiger partial charge in [0.15, 0.2) is 0 Å². The molecular formula is C12H21NO2. The second kappa shape index (κ2) is 9.24. The van der Waals surface area contributed by atoms with Crippen molar-refractivity contribution in [1.82, 2.24) is 0 Å². The minimum Gasteiger partial charge on any atom is -0.870 e. The van der Waals surface area contributed by atoms with Crippen molar-refractivity contribution in [3.63, 3.8) is 0 Å². The Hall–Kier alpha value is -1.32. The normalized spacial score (nSPS) is 10.7. The average molecular weight is 211 g/mol. The van der Waals surface area contributed by atoms with E-state index < -0.39 is 0 Å². The number of nitrogens with zero attached hydrogens (tertiary/aromatic N) is 1. The molecule has 0 spiro atoms. The van der Waals surface area contributed by atoms with Crippen LogP contribution < -0.4 is 0 Å². The molecule has 86 valence electrons. The van der Waals surface area contributed by atoms with Crippen LogP contribution in [-0.2, 0) is 0 Å². The molecule has 0 radical (unpaired) electrons. The third-order valence-corrected chi connectivity index (χ3v) is 2.15. The van der Waals surface area contributed by atoms with E-state index in [1.54, 1.807) is 6.08 Å². The fourth-order valence-electron chi connectivity index (χ4n) is 1.54. The van der Waals surface area contributed by atoms with Crippen LogP contribution in [0.15, 0.2) is 50.3 Å². The maximum Gasteiger partial charge on any atom is 0.101 e. The van der Waals surface area contributed by atoms with Crippen molar-refractivity contribution in [1.29, 1.82) is 0 Å². The van der Waals surface area contributed by atoms with Crippen molar-refractivity contribution < 1.29 is 15.1 Å². The molecule has 0 rings (SSSR count). The lowest BCUT2D eigenvalue weighted by atomic mass is 10.3. The Bertz CT molecular complexity index is 195. The second-order valence-corrected chi connectivity index (χ2v) is 3.32. The summed E-state index contributed by atoms with van der Waals surface area (Å²) >= 11 is 0. The second-order valence-electron chi connectivity index (χ2n) is 3.32. The smallest absolute Gasteiger partial charge is 0.101 e. The van der Waals surface area contributed by atoms with E-state index in [9.17, 15) is 0 Å². The monoisotopic (exact) mass is 211 g/mol. The van der Waals surface area contributed by atoms with Crippen LogP contribution in [0, 0.1) is 0 Å². The third kappa shape index (κ3) is 5.88. The average Bonchev–Trinajstić information content (AvgIpc) is 2.16. The van der Waals surface area contributed by atoms with Crippen LogP contribution in [0.3, 0.4) is 0 Å². The highest BCUT2D eigenvalue weighted by atomic mass is 16.2. The van der Waals surface area contributed by atoms with Crippen molar-refractivity contribution in [2.24, 2.45) is 0 Å². The predicted octanol–water partition coefficient (Wildman–Crippen LogP) is 2.26. The van der Waals surface area contributed by atoms with E-state index in [4.69, 9.17) is 5.11 Å². The number of aliphatic hydroxyl groups is 1. The minimum atomic E-state index is 0. The van der Waals surface area contributed by atoms with Gasteiger partial charge in [-0.15, -0.1) is 0 Å². The van der Waals surface area contributed by atoms with Crippen LogP contribution in [0.4, 0.5) is 0 Å². The van der Waals surface area contributed by atoms with Crippen molar-refractivity contribution in [2.45, 2.75) is 0 Å². The summed E-state index contributed by atoms with van der Waals surface area (Å²) in [4.78, 5) is 0. The summed E-state index contributed by atoms with van der Waals surface area (Å²) in [5, 5.41) is 8.67. The molecule has 0 aromatic carbocycles. The number of hydrogen-bond acceptors (Lipinski definition) is 2. The predicted molar refractivity (Wildman–Crippen MR) is 64.0 cm³/mol. The molecule has 0 amide bonds. The van der Waals surface area contributed by atoms with Crippen molar-refractivity contribution in [2.75, 3.05) is 26.2 Å².